The fraction of sp³-hybridized carbons (Fsp3) is 0.154. The Labute approximate surface area is 187 Å². The predicted molar refractivity (Wildman–Crippen MR) is 127 cm³/mol. The highest BCUT2D eigenvalue weighted by molar-refractivity contribution is 7.90. The van der Waals surface area contributed by atoms with Gasteiger partial charge in [-0.15, -0.1) is 0 Å². The third kappa shape index (κ3) is 4.41. The van der Waals surface area contributed by atoms with E-state index in [9.17, 15) is 13.2 Å². The van der Waals surface area contributed by atoms with Crippen LogP contribution in [-0.2, 0) is 16.4 Å². The second-order valence-corrected chi connectivity index (χ2v) is 9.99. The lowest BCUT2D eigenvalue weighted by Gasteiger charge is -2.14. The van der Waals surface area contributed by atoms with E-state index in [0.717, 1.165) is 27.8 Å². The van der Waals surface area contributed by atoms with Crippen LogP contribution in [0.3, 0.4) is 0 Å². The zero-order valence-electron chi connectivity index (χ0n) is 18.2. The molecule has 1 aromatic heterocycles. The summed E-state index contributed by atoms with van der Waals surface area (Å²) in [7, 11) is -3.31. The Balaban J connectivity index is 1.90. The van der Waals surface area contributed by atoms with E-state index in [1.54, 1.807) is 30.5 Å². The monoisotopic (exact) mass is 444 g/mol. The Bertz CT molecular complexity index is 1440. The maximum atomic E-state index is 13.6. The van der Waals surface area contributed by atoms with E-state index in [2.05, 4.69) is 5.10 Å². The van der Waals surface area contributed by atoms with Crippen LogP contribution in [-0.4, -0.2) is 24.5 Å². The predicted octanol–water partition coefficient (Wildman–Crippen LogP) is 4.65. The van der Waals surface area contributed by atoms with Crippen molar-refractivity contribution in [1.82, 2.24) is 9.78 Å². The molecule has 4 rings (SSSR count). The van der Waals surface area contributed by atoms with Crippen molar-refractivity contribution >= 4 is 9.84 Å². The molecule has 1 heterocycles. The van der Waals surface area contributed by atoms with Gasteiger partial charge in [-0.1, -0.05) is 60.7 Å². The summed E-state index contributed by atoms with van der Waals surface area (Å²) in [5, 5.41) is 4.43. The van der Waals surface area contributed by atoms with Gasteiger partial charge < -0.3 is 0 Å². The fourth-order valence-corrected chi connectivity index (χ4v) is 4.26. The number of hydrogen-bond acceptors (Lipinski definition) is 4. The molecule has 0 fully saturated rings. The minimum absolute atomic E-state index is 0.193. The number of nitrogens with zero attached hydrogens (tertiary/aromatic N) is 2. The second kappa shape index (κ2) is 8.55. The van der Waals surface area contributed by atoms with Crippen LogP contribution in [0.1, 0.15) is 16.7 Å². The molecular formula is C26H24N2O3S. The van der Waals surface area contributed by atoms with Crippen LogP contribution in [0.5, 0.6) is 0 Å². The van der Waals surface area contributed by atoms with Gasteiger partial charge >= 0.3 is 0 Å². The molecule has 4 aromatic rings. The first-order valence-corrected chi connectivity index (χ1v) is 12.2. The van der Waals surface area contributed by atoms with Crippen LogP contribution < -0.4 is 5.56 Å². The number of sulfone groups is 1. The van der Waals surface area contributed by atoms with Gasteiger partial charge in [0, 0.05) is 11.8 Å². The SMILES string of the molecule is Cc1ccc(-c2c(-c3ccc(S(C)(=O)=O)cc3)cnn(Cc3ccccc3)c2=O)cc1C. The average Bonchev–Trinajstić information content (AvgIpc) is 2.77. The van der Waals surface area contributed by atoms with E-state index in [4.69, 9.17) is 0 Å². The number of aryl methyl sites for hydroxylation is 2. The molecule has 0 atom stereocenters. The summed E-state index contributed by atoms with van der Waals surface area (Å²) in [6.07, 6.45) is 2.86. The molecule has 0 radical (unpaired) electrons. The molecular weight excluding hydrogens is 420 g/mol. The summed E-state index contributed by atoms with van der Waals surface area (Å²) in [6.45, 7) is 4.41. The molecule has 0 amide bonds. The van der Waals surface area contributed by atoms with E-state index < -0.39 is 9.84 Å². The molecule has 0 bridgehead atoms. The minimum atomic E-state index is -3.31. The number of benzene rings is 3. The average molecular weight is 445 g/mol. The first-order valence-electron chi connectivity index (χ1n) is 10.3. The molecule has 6 heteroatoms. The van der Waals surface area contributed by atoms with Gasteiger partial charge in [0.1, 0.15) is 0 Å². The van der Waals surface area contributed by atoms with Gasteiger partial charge in [0.05, 0.1) is 23.2 Å². The van der Waals surface area contributed by atoms with E-state index in [1.807, 2.05) is 62.4 Å². The molecule has 162 valence electrons. The Kier molecular flexibility index (Phi) is 5.80. The molecule has 32 heavy (non-hydrogen) atoms. The molecule has 0 aliphatic heterocycles. The maximum absolute atomic E-state index is 13.6. The van der Waals surface area contributed by atoms with Gasteiger partial charge in [0.2, 0.25) is 0 Å². The molecule has 5 nitrogen and oxygen atoms in total. The zero-order chi connectivity index (χ0) is 22.9. The largest absolute Gasteiger partial charge is 0.275 e. The van der Waals surface area contributed by atoms with Crippen LogP contribution in [0.15, 0.2) is 88.7 Å². The highest BCUT2D eigenvalue weighted by Crippen LogP contribution is 2.30. The lowest BCUT2D eigenvalue weighted by Crippen LogP contribution is -2.25. The van der Waals surface area contributed by atoms with Gasteiger partial charge in [-0.25, -0.2) is 13.1 Å². The molecule has 0 aliphatic carbocycles. The lowest BCUT2D eigenvalue weighted by atomic mass is 9.95. The number of hydrogen-bond donors (Lipinski definition) is 0. The van der Waals surface area contributed by atoms with Gasteiger partial charge in [-0.05, 0) is 53.8 Å². The molecule has 0 saturated carbocycles. The van der Waals surface area contributed by atoms with E-state index >= 15 is 0 Å². The van der Waals surface area contributed by atoms with Crippen molar-refractivity contribution in [2.75, 3.05) is 6.26 Å². The maximum Gasteiger partial charge on any atom is 0.275 e. The summed E-state index contributed by atoms with van der Waals surface area (Å²) in [5.74, 6) is 0. The number of aromatic nitrogens is 2. The Morgan fingerprint density at radius 2 is 1.50 bits per heavy atom. The van der Waals surface area contributed by atoms with Gasteiger partial charge in [-0.2, -0.15) is 5.10 Å². The van der Waals surface area contributed by atoms with Crippen LogP contribution in [0.25, 0.3) is 22.3 Å². The summed E-state index contributed by atoms with van der Waals surface area (Å²) in [4.78, 5) is 13.8. The van der Waals surface area contributed by atoms with Crippen molar-refractivity contribution in [3.05, 3.63) is 106 Å². The molecule has 0 spiro atoms. The highest BCUT2D eigenvalue weighted by atomic mass is 32.2. The Morgan fingerprint density at radius 3 is 2.12 bits per heavy atom. The van der Waals surface area contributed by atoms with Crippen LogP contribution >= 0.6 is 0 Å². The summed E-state index contributed by atoms with van der Waals surface area (Å²) < 4.78 is 25.2. The van der Waals surface area contributed by atoms with E-state index in [0.29, 0.717) is 17.7 Å². The van der Waals surface area contributed by atoms with Crippen molar-refractivity contribution in [2.45, 2.75) is 25.3 Å². The standard InChI is InChI=1S/C26H24N2O3S/c1-18-9-10-22(15-19(18)2)25-24(21-11-13-23(14-12-21)32(3,30)31)16-27-28(26(25)29)17-20-7-5-4-6-8-20/h4-16H,17H2,1-3H3. The van der Waals surface area contributed by atoms with Crippen molar-refractivity contribution in [3.63, 3.8) is 0 Å². The zero-order valence-corrected chi connectivity index (χ0v) is 19.1. The topological polar surface area (TPSA) is 69.0 Å². The second-order valence-electron chi connectivity index (χ2n) is 7.98. The molecule has 0 aliphatic rings. The van der Waals surface area contributed by atoms with E-state index in [1.165, 1.54) is 10.9 Å². The quantitative estimate of drug-likeness (QED) is 0.449. The summed E-state index contributed by atoms with van der Waals surface area (Å²) in [6, 6.07) is 22.2. The van der Waals surface area contributed by atoms with Crippen molar-refractivity contribution < 1.29 is 8.42 Å². The van der Waals surface area contributed by atoms with Crippen molar-refractivity contribution in [2.24, 2.45) is 0 Å². The smallest absolute Gasteiger partial charge is 0.267 e. The van der Waals surface area contributed by atoms with Crippen LogP contribution in [0, 0.1) is 13.8 Å². The molecule has 0 N–H and O–H groups in total. The highest BCUT2D eigenvalue weighted by Gasteiger charge is 2.17. The van der Waals surface area contributed by atoms with Crippen molar-refractivity contribution in [1.29, 1.82) is 0 Å². The fourth-order valence-electron chi connectivity index (χ4n) is 3.63. The van der Waals surface area contributed by atoms with Gasteiger partial charge in [0.15, 0.2) is 9.84 Å². The summed E-state index contributed by atoms with van der Waals surface area (Å²) >= 11 is 0. The molecule has 0 unspecified atom stereocenters. The number of rotatable bonds is 5. The van der Waals surface area contributed by atoms with E-state index in [-0.39, 0.29) is 10.5 Å². The first-order chi connectivity index (χ1) is 15.2. The normalized spacial score (nSPS) is 11.5. The third-order valence-electron chi connectivity index (χ3n) is 5.61. The molecule has 3 aromatic carbocycles. The van der Waals surface area contributed by atoms with Gasteiger partial charge in [-0.3, -0.25) is 4.79 Å². The lowest BCUT2D eigenvalue weighted by molar-refractivity contribution is 0.602. The van der Waals surface area contributed by atoms with Crippen LogP contribution in [0.2, 0.25) is 0 Å². The first kappa shape index (κ1) is 21.7. The minimum Gasteiger partial charge on any atom is -0.267 e. The van der Waals surface area contributed by atoms with Crippen LogP contribution in [0.4, 0.5) is 0 Å². The third-order valence-corrected chi connectivity index (χ3v) is 6.74. The summed E-state index contributed by atoms with van der Waals surface area (Å²) in [5.41, 5.74) is 5.79. The van der Waals surface area contributed by atoms with Crippen molar-refractivity contribution in [3.8, 4) is 22.3 Å². The van der Waals surface area contributed by atoms with Gasteiger partial charge in [0.25, 0.3) is 5.56 Å². The Hall–Kier alpha value is -3.51. The Morgan fingerprint density at radius 1 is 0.844 bits per heavy atom. The molecule has 0 saturated heterocycles.